The number of nitrogens with one attached hydrogen (secondary N) is 1. The van der Waals surface area contributed by atoms with E-state index in [0.717, 1.165) is 38.0 Å². The number of aryl methyl sites for hydroxylation is 1. The minimum atomic E-state index is -0.774. The highest BCUT2D eigenvalue weighted by Gasteiger charge is 2.16. The highest BCUT2D eigenvalue weighted by Crippen LogP contribution is 2.12. The van der Waals surface area contributed by atoms with E-state index in [4.69, 9.17) is 0 Å². The number of likely N-dealkylation sites (N-methyl/N-ethyl adjacent to an activating group) is 1. The number of piperazine rings is 1. The lowest BCUT2D eigenvalue weighted by atomic mass is 10.0. The Bertz CT molecular complexity index is 382. The molecule has 1 saturated heterocycles. The zero-order valence-electron chi connectivity index (χ0n) is 10.0. The fourth-order valence-corrected chi connectivity index (χ4v) is 2.22. The van der Waals surface area contributed by atoms with Crippen LogP contribution in [0.2, 0.25) is 0 Å². The van der Waals surface area contributed by atoms with Gasteiger partial charge >= 0.3 is 0 Å². The molecular formula is C13H18F2N2. The summed E-state index contributed by atoms with van der Waals surface area (Å²) in [5, 5.41) is 3.44. The summed E-state index contributed by atoms with van der Waals surface area (Å²) < 4.78 is 25.8. The largest absolute Gasteiger partial charge is 0.311 e. The Morgan fingerprint density at radius 1 is 1.35 bits per heavy atom. The quantitative estimate of drug-likeness (QED) is 0.866. The van der Waals surface area contributed by atoms with Gasteiger partial charge in [0.1, 0.15) is 0 Å². The van der Waals surface area contributed by atoms with Crippen LogP contribution < -0.4 is 5.32 Å². The highest BCUT2D eigenvalue weighted by atomic mass is 19.2. The molecule has 0 aliphatic carbocycles. The lowest BCUT2D eigenvalue weighted by Gasteiger charge is -2.30. The van der Waals surface area contributed by atoms with Crippen LogP contribution in [0.25, 0.3) is 0 Å². The Balaban J connectivity index is 1.86. The van der Waals surface area contributed by atoms with Crippen molar-refractivity contribution < 1.29 is 8.78 Å². The van der Waals surface area contributed by atoms with Crippen molar-refractivity contribution in [2.45, 2.75) is 18.9 Å². The third-order valence-corrected chi connectivity index (χ3v) is 3.22. The second-order valence-corrected chi connectivity index (χ2v) is 4.70. The minimum absolute atomic E-state index is 0.446. The lowest BCUT2D eigenvalue weighted by molar-refractivity contribution is 0.232. The van der Waals surface area contributed by atoms with Gasteiger partial charge in [0, 0.05) is 25.7 Å². The van der Waals surface area contributed by atoms with Crippen LogP contribution in [-0.2, 0) is 6.42 Å². The van der Waals surface area contributed by atoms with Gasteiger partial charge in [0.15, 0.2) is 11.6 Å². The molecule has 1 aromatic carbocycles. The number of rotatable bonds is 3. The molecule has 94 valence electrons. The van der Waals surface area contributed by atoms with Crippen molar-refractivity contribution in [1.29, 1.82) is 0 Å². The molecular weight excluding hydrogens is 222 g/mol. The van der Waals surface area contributed by atoms with Gasteiger partial charge in [0.25, 0.3) is 0 Å². The van der Waals surface area contributed by atoms with Gasteiger partial charge in [0.05, 0.1) is 0 Å². The van der Waals surface area contributed by atoms with E-state index in [1.165, 1.54) is 12.1 Å². The summed E-state index contributed by atoms with van der Waals surface area (Å²) in [6.07, 6.45) is 1.73. The molecule has 1 N–H and O–H groups in total. The maximum absolute atomic E-state index is 13.0. The SMILES string of the molecule is CN1CCNC(CCc2ccc(F)c(F)c2)C1. The zero-order valence-corrected chi connectivity index (χ0v) is 10.0. The molecule has 2 rings (SSSR count). The molecule has 0 aromatic heterocycles. The fraction of sp³-hybridized carbons (Fsp3) is 0.538. The number of halogens is 2. The maximum Gasteiger partial charge on any atom is 0.159 e. The standard InChI is InChI=1S/C13H18F2N2/c1-17-7-6-16-11(9-17)4-2-10-3-5-12(14)13(15)8-10/h3,5,8,11,16H,2,4,6-7,9H2,1H3. The smallest absolute Gasteiger partial charge is 0.159 e. The Morgan fingerprint density at radius 3 is 2.88 bits per heavy atom. The predicted molar refractivity (Wildman–Crippen MR) is 64.0 cm³/mol. The first-order valence-corrected chi connectivity index (χ1v) is 6.01. The summed E-state index contributed by atoms with van der Waals surface area (Å²) >= 11 is 0. The maximum atomic E-state index is 13.0. The molecule has 1 atom stereocenters. The van der Waals surface area contributed by atoms with Gasteiger partial charge in [-0.2, -0.15) is 0 Å². The molecule has 1 heterocycles. The van der Waals surface area contributed by atoms with Gasteiger partial charge in [0.2, 0.25) is 0 Å². The number of hydrogen-bond acceptors (Lipinski definition) is 2. The van der Waals surface area contributed by atoms with E-state index < -0.39 is 11.6 Å². The normalized spacial score (nSPS) is 21.7. The van der Waals surface area contributed by atoms with Crippen molar-refractivity contribution in [2.24, 2.45) is 0 Å². The van der Waals surface area contributed by atoms with Gasteiger partial charge in [-0.3, -0.25) is 0 Å². The Hall–Kier alpha value is -1.00. The second kappa shape index (κ2) is 5.56. The van der Waals surface area contributed by atoms with Crippen LogP contribution in [0.15, 0.2) is 18.2 Å². The van der Waals surface area contributed by atoms with Gasteiger partial charge in [-0.25, -0.2) is 8.78 Å². The second-order valence-electron chi connectivity index (χ2n) is 4.70. The van der Waals surface area contributed by atoms with Crippen LogP contribution in [0.1, 0.15) is 12.0 Å². The van der Waals surface area contributed by atoms with Gasteiger partial charge in [-0.05, 0) is 37.6 Å². The lowest BCUT2D eigenvalue weighted by Crippen LogP contribution is -2.49. The van der Waals surface area contributed by atoms with E-state index in [9.17, 15) is 8.78 Å². The molecule has 1 aliphatic heterocycles. The zero-order chi connectivity index (χ0) is 12.3. The molecule has 17 heavy (non-hydrogen) atoms. The molecule has 1 unspecified atom stereocenters. The summed E-state index contributed by atoms with van der Waals surface area (Å²) in [7, 11) is 2.10. The van der Waals surface area contributed by atoms with Crippen LogP contribution in [0, 0.1) is 11.6 Å². The minimum Gasteiger partial charge on any atom is -0.311 e. The molecule has 1 fully saturated rings. The first-order chi connectivity index (χ1) is 8.15. The van der Waals surface area contributed by atoms with Crippen molar-refractivity contribution in [1.82, 2.24) is 10.2 Å². The van der Waals surface area contributed by atoms with E-state index in [2.05, 4.69) is 17.3 Å². The summed E-state index contributed by atoms with van der Waals surface area (Å²) in [5.41, 5.74) is 0.860. The molecule has 0 bridgehead atoms. The van der Waals surface area contributed by atoms with Crippen LogP contribution in [0.4, 0.5) is 8.78 Å². The van der Waals surface area contributed by atoms with E-state index >= 15 is 0 Å². The fourth-order valence-electron chi connectivity index (χ4n) is 2.22. The monoisotopic (exact) mass is 240 g/mol. The van der Waals surface area contributed by atoms with Crippen LogP contribution in [-0.4, -0.2) is 37.6 Å². The summed E-state index contributed by atoms with van der Waals surface area (Å²) in [5.74, 6) is -1.53. The first-order valence-electron chi connectivity index (χ1n) is 6.01. The van der Waals surface area contributed by atoms with Crippen molar-refractivity contribution in [3.8, 4) is 0 Å². The molecule has 4 heteroatoms. The summed E-state index contributed by atoms with van der Waals surface area (Å²) in [6, 6.07) is 4.60. The summed E-state index contributed by atoms with van der Waals surface area (Å²) in [6.45, 7) is 3.09. The van der Waals surface area contributed by atoms with E-state index in [1.807, 2.05) is 0 Å². The summed E-state index contributed by atoms with van der Waals surface area (Å²) in [4.78, 5) is 2.28. The Labute approximate surface area is 101 Å². The molecule has 0 saturated carbocycles. The Morgan fingerprint density at radius 2 is 2.18 bits per heavy atom. The average molecular weight is 240 g/mol. The van der Waals surface area contributed by atoms with Crippen LogP contribution >= 0.6 is 0 Å². The topological polar surface area (TPSA) is 15.3 Å². The van der Waals surface area contributed by atoms with E-state index in [0.29, 0.717) is 6.04 Å². The van der Waals surface area contributed by atoms with Crippen molar-refractivity contribution >= 4 is 0 Å². The molecule has 0 spiro atoms. The van der Waals surface area contributed by atoms with Crippen LogP contribution in [0.5, 0.6) is 0 Å². The highest BCUT2D eigenvalue weighted by molar-refractivity contribution is 5.18. The van der Waals surface area contributed by atoms with Crippen molar-refractivity contribution in [3.05, 3.63) is 35.4 Å². The van der Waals surface area contributed by atoms with Gasteiger partial charge < -0.3 is 10.2 Å². The molecule has 2 nitrogen and oxygen atoms in total. The number of hydrogen-bond donors (Lipinski definition) is 1. The average Bonchev–Trinajstić information content (AvgIpc) is 2.31. The third-order valence-electron chi connectivity index (χ3n) is 3.22. The Kier molecular flexibility index (Phi) is 4.07. The molecule has 0 amide bonds. The van der Waals surface area contributed by atoms with Crippen LogP contribution in [0.3, 0.4) is 0 Å². The molecule has 1 aromatic rings. The predicted octanol–water partition coefficient (Wildman–Crippen LogP) is 1.80. The molecule has 1 aliphatic rings. The number of nitrogens with zero attached hydrogens (tertiary/aromatic N) is 1. The van der Waals surface area contributed by atoms with Gasteiger partial charge in [-0.15, -0.1) is 0 Å². The van der Waals surface area contributed by atoms with E-state index in [1.54, 1.807) is 6.07 Å². The van der Waals surface area contributed by atoms with Crippen molar-refractivity contribution in [3.63, 3.8) is 0 Å². The number of benzene rings is 1. The molecule has 0 radical (unpaired) electrons. The van der Waals surface area contributed by atoms with Crippen molar-refractivity contribution in [2.75, 3.05) is 26.7 Å². The van der Waals surface area contributed by atoms with E-state index in [-0.39, 0.29) is 0 Å². The van der Waals surface area contributed by atoms with Gasteiger partial charge in [-0.1, -0.05) is 6.07 Å². The third kappa shape index (κ3) is 3.48. The first kappa shape index (κ1) is 12.5.